The molecule has 0 spiro atoms. The predicted molar refractivity (Wildman–Crippen MR) is 136 cm³/mol. The van der Waals surface area contributed by atoms with Gasteiger partial charge in [0, 0.05) is 36.8 Å². The lowest BCUT2D eigenvalue weighted by Crippen LogP contribution is -2.68. The van der Waals surface area contributed by atoms with E-state index in [0.29, 0.717) is 37.5 Å². The highest BCUT2D eigenvalue weighted by Gasteiger charge is 2.57. The third-order valence-electron chi connectivity index (χ3n) is 8.30. The first-order valence-electron chi connectivity index (χ1n) is 13.1. The summed E-state index contributed by atoms with van der Waals surface area (Å²) in [4.78, 5) is 48.6. The van der Waals surface area contributed by atoms with Crippen LogP contribution in [0.1, 0.15) is 71.2 Å². The van der Waals surface area contributed by atoms with Crippen molar-refractivity contribution in [3.8, 4) is 6.01 Å². The van der Waals surface area contributed by atoms with Crippen molar-refractivity contribution in [1.29, 1.82) is 0 Å². The Morgan fingerprint density at radius 1 is 1.14 bits per heavy atom. The van der Waals surface area contributed by atoms with Crippen molar-refractivity contribution in [2.75, 3.05) is 31.1 Å². The van der Waals surface area contributed by atoms with Crippen molar-refractivity contribution in [2.24, 2.45) is 28.5 Å². The Morgan fingerprint density at radius 3 is 2.59 bits per heavy atom. The van der Waals surface area contributed by atoms with E-state index in [4.69, 9.17) is 10.5 Å². The smallest absolute Gasteiger partial charge is 0.321 e. The maximum atomic E-state index is 13.1. The zero-order valence-electron chi connectivity index (χ0n) is 20.8. The summed E-state index contributed by atoms with van der Waals surface area (Å²) in [6.07, 6.45) is 5.78. The molecule has 11 heteroatoms. The molecule has 194 valence electrons. The molecule has 11 nitrogen and oxygen atoms in total. The number of carbonyl (C=O) groups excluding carboxylic acids is 2. The monoisotopic (exact) mass is 504 g/mol. The number of hydrogen-bond donors (Lipinski definition) is 2. The standard InChI is InChI=1S/C26H32N8O3/c1-28-13-17-9-18(17)14-37-25-31-22(23(36)33-26-10-15(11-26)12-26)30-24(32-25)34-7-5-16(6-8-34)19-3-2-4-20(29-19)21(27)35/h2-4,15-18H,1,5-14H2,(H2,27,35)(H,33,36)/t15?,17-,18+,26?/m0/s1. The summed E-state index contributed by atoms with van der Waals surface area (Å²) in [5, 5.41) is 3.15. The topological polar surface area (TPSA) is 149 Å². The molecule has 0 unspecified atom stereocenters. The van der Waals surface area contributed by atoms with Crippen molar-refractivity contribution in [2.45, 2.75) is 50.0 Å². The normalized spacial score (nSPS) is 28.0. The molecule has 37 heavy (non-hydrogen) atoms. The van der Waals surface area contributed by atoms with E-state index in [1.807, 2.05) is 12.1 Å². The van der Waals surface area contributed by atoms with E-state index in [-0.39, 0.29) is 34.9 Å². The van der Waals surface area contributed by atoms with Crippen molar-refractivity contribution < 1.29 is 14.3 Å². The van der Waals surface area contributed by atoms with Gasteiger partial charge < -0.3 is 25.7 Å². The minimum absolute atomic E-state index is 0.0702. The number of rotatable bonds is 10. The summed E-state index contributed by atoms with van der Waals surface area (Å²) in [5.41, 5.74) is 6.47. The molecule has 2 amide bonds. The first-order valence-corrected chi connectivity index (χ1v) is 13.1. The number of primary amides is 1. The van der Waals surface area contributed by atoms with Crippen LogP contribution in [0.2, 0.25) is 0 Å². The predicted octanol–water partition coefficient (Wildman–Crippen LogP) is 1.75. The molecule has 3 heterocycles. The number of nitrogens with one attached hydrogen (secondary N) is 1. The van der Waals surface area contributed by atoms with Gasteiger partial charge in [-0.15, -0.1) is 0 Å². The van der Waals surface area contributed by atoms with Crippen LogP contribution in [-0.2, 0) is 0 Å². The molecule has 1 saturated heterocycles. The Labute approximate surface area is 215 Å². The zero-order chi connectivity index (χ0) is 25.6. The molecule has 2 atom stereocenters. The molecule has 1 aliphatic heterocycles. The lowest BCUT2D eigenvalue weighted by atomic mass is 9.50. The number of piperidine rings is 1. The van der Waals surface area contributed by atoms with Gasteiger partial charge in [0.05, 0.1) is 6.61 Å². The van der Waals surface area contributed by atoms with Crippen LogP contribution >= 0.6 is 0 Å². The quantitative estimate of drug-likeness (QED) is 0.465. The fourth-order valence-electron chi connectivity index (χ4n) is 5.86. The van der Waals surface area contributed by atoms with Gasteiger partial charge in [0.2, 0.25) is 11.8 Å². The number of ether oxygens (including phenoxy) is 1. The lowest BCUT2D eigenvalue weighted by molar-refractivity contribution is -0.0441. The second-order valence-electron chi connectivity index (χ2n) is 11.0. The summed E-state index contributed by atoms with van der Waals surface area (Å²) in [7, 11) is 0. The van der Waals surface area contributed by atoms with Crippen molar-refractivity contribution in [1.82, 2.24) is 25.3 Å². The Balaban J connectivity index is 1.16. The van der Waals surface area contributed by atoms with Gasteiger partial charge in [-0.3, -0.25) is 9.59 Å². The largest absolute Gasteiger partial charge is 0.463 e. The first-order chi connectivity index (χ1) is 17.9. The number of hydrogen-bond acceptors (Lipinski definition) is 9. The SMILES string of the molecule is C=NC[C@@H]1C[C@@H]1COc1nc(C(=O)NC23CC(C2)C3)nc(N2CCC(c3cccc(C(N)=O)n3)CC2)n1. The van der Waals surface area contributed by atoms with Crippen LogP contribution in [-0.4, -0.2) is 70.2 Å². The van der Waals surface area contributed by atoms with Gasteiger partial charge in [-0.25, -0.2) is 4.98 Å². The highest BCUT2D eigenvalue weighted by Crippen LogP contribution is 2.57. The van der Waals surface area contributed by atoms with Crippen molar-refractivity contribution in [3.05, 3.63) is 35.4 Å². The molecule has 2 aromatic rings. The average Bonchev–Trinajstić information content (AvgIpc) is 3.62. The summed E-state index contributed by atoms with van der Waals surface area (Å²) < 4.78 is 5.95. The van der Waals surface area contributed by atoms with Crippen molar-refractivity contribution >= 4 is 24.5 Å². The van der Waals surface area contributed by atoms with Crippen molar-refractivity contribution in [3.63, 3.8) is 0 Å². The Morgan fingerprint density at radius 2 is 1.92 bits per heavy atom. The Hall–Kier alpha value is -3.63. The molecular formula is C26H32N8O3. The summed E-state index contributed by atoms with van der Waals surface area (Å²) in [5.74, 6) is 1.60. The molecule has 4 aliphatic carbocycles. The van der Waals surface area contributed by atoms with Crippen LogP contribution in [0.15, 0.2) is 23.2 Å². The molecule has 0 aromatic carbocycles. The average molecular weight is 505 g/mol. The van der Waals surface area contributed by atoms with Gasteiger partial charge in [-0.05, 0) is 75.1 Å². The fraction of sp³-hybridized carbons (Fsp3) is 0.577. The molecule has 5 fully saturated rings. The summed E-state index contributed by atoms with van der Waals surface area (Å²) in [6, 6.07) is 5.56. The van der Waals surface area contributed by atoms with Crippen LogP contribution in [0.5, 0.6) is 6.01 Å². The van der Waals surface area contributed by atoms with Gasteiger partial charge in [0.1, 0.15) is 5.69 Å². The van der Waals surface area contributed by atoms with E-state index >= 15 is 0 Å². The molecule has 2 bridgehead atoms. The number of nitrogens with two attached hydrogens (primary N) is 1. The summed E-state index contributed by atoms with van der Waals surface area (Å²) >= 11 is 0. The third-order valence-corrected chi connectivity index (χ3v) is 8.30. The van der Waals surface area contributed by atoms with E-state index in [1.54, 1.807) is 6.07 Å². The van der Waals surface area contributed by atoms with E-state index in [9.17, 15) is 9.59 Å². The Kier molecular flexibility index (Phi) is 6.00. The van der Waals surface area contributed by atoms with Gasteiger partial charge in [0.15, 0.2) is 0 Å². The van der Waals surface area contributed by atoms with E-state index in [1.165, 1.54) is 0 Å². The number of aromatic nitrogens is 4. The number of amides is 2. The highest BCUT2D eigenvalue weighted by atomic mass is 16.5. The van der Waals surface area contributed by atoms with E-state index in [2.05, 4.69) is 41.9 Å². The number of anilines is 1. The third kappa shape index (κ3) is 4.86. The van der Waals surface area contributed by atoms with Gasteiger partial charge in [0.25, 0.3) is 11.8 Å². The summed E-state index contributed by atoms with van der Waals surface area (Å²) in [6.45, 7) is 6.15. The minimum atomic E-state index is -0.528. The van der Waals surface area contributed by atoms with E-state index in [0.717, 1.165) is 56.7 Å². The second kappa shape index (κ2) is 9.35. The van der Waals surface area contributed by atoms with Crippen LogP contribution < -0.4 is 20.7 Å². The van der Waals surface area contributed by atoms with Crippen LogP contribution in [0.4, 0.5) is 5.95 Å². The van der Waals surface area contributed by atoms with Crippen LogP contribution in [0, 0.1) is 17.8 Å². The number of aliphatic imine (C=N–C) groups is 1. The van der Waals surface area contributed by atoms with Gasteiger partial charge in [-0.2, -0.15) is 15.0 Å². The molecule has 3 N–H and O–H groups in total. The zero-order valence-corrected chi connectivity index (χ0v) is 20.8. The molecule has 7 rings (SSSR count). The molecule has 4 saturated carbocycles. The molecule has 2 aromatic heterocycles. The van der Waals surface area contributed by atoms with Gasteiger partial charge in [-0.1, -0.05) is 6.07 Å². The Bertz CT molecular complexity index is 1210. The number of nitrogens with zero attached hydrogens (tertiary/aromatic N) is 6. The maximum Gasteiger partial charge on any atom is 0.321 e. The van der Waals surface area contributed by atoms with Crippen LogP contribution in [0.25, 0.3) is 0 Å². The fourth-order valence-corrected chi connectivity index (χ4v) is 5.86. The highest BCUT2D eigenvalue weighted by molar-refractivity contribution is 5.91. The van der Waals surface area contributed by atoms with Crippen LogP contribution in [0.3, 0.4) is 0 Å². The molecule has 0 radical (unpaired) electrons. The lowest BCUT2D eigenvalue weighted by Gasteiger charge is -2.61. The number of carbonyl (C=O) groups is 2. The molecular weight excluding hydrogens is 472 g/mol. The first kappa shape index (κ1) is 23.7. The van der Waals surface area contributed by atoms with E-state index < -0.39 is 5.91 Å². The minimum Gasteiger partial charge on any atom is -0.463 e. The number of pyridine rings is 1. The molecule has 5 aliphatic rings. The maximum absolute atomic E-state index is 13.1. The second-order valence-corrected chi connectivity index (χ2v) is 11.0. The van der Waals surface area contributed by atoms with Gasteiger partial charge >= 0.3 is 6.01 Å².